The molecule has 1 rings (SSSR count). The van der Waals surface area contributed by atoms with Gasteiger partial charge in [-0.2, -0.15) is 0 Å². The summed E-state index contributed by atoms with van der Waals surface area (Å²) in [5.74, 6) is 0.124. The highest BCUT2D eigenvalue weighted by Gasteiger charge is 2.18. The third kappa shape index (κ3) is 5.10. The summed E-state index contributed by atoms with van der Waals surface area (Å²) in [6.07, 6.45) is 1.36. The number of hydrogen-bond acceptors (Lipinski definition) is 3. The van der Waals surface area contributed by atoms with E-state index in [9.17, 15) is 8.42 Å². The van der Waals surface area contributed by atoms with E-state index in [0.717, 1.165) is 13.1 Å². The van der Waals surface area contributed by atoms with Crippen LogP contribution in [-0.2, 0) is 9.84 Å². The summed E-state index contributed by atoms with van der Waals surface area (Å²) in [7, 11) is -3.28. The number of hydrogen-bond donors (Lipinski definition) is 1. The number of aromatic nitrogens is 1. The van der Waals surface area contributed by atoms with Crippen molar-refractivity contribution in [2.24, 2.45) is 0 Å². The van der Waals surface area contributed by atoms with Crippen LogP contribution in [0.4, 0.5) is 0 Å². The monoisotopic (exact) mass is 312 g/mol. The van der Waals surface area contributed by atoms with Crippen molar-refractivity contribution in [3.63, 3.8) is 0 Å². The second kappa shape index (κ2) is 7.94. The predicted octanol–water partition coefficient (Wildman–Crippen LogP) is -2.56. The van der Waals surface area contributed by atoms with Crippen molar-refractivity contribution in [1.29, 1.82) is 0 Å². The first-order valence-corrected chi connectivity index (χ1v) is 7.70. The molecule has 0 saturated heterocycles. The molecule has 0 aliphatic rings. The molecule has 1 heterocycles. The number of nitrogens with one attached hydrogen (secondary N) is 1. The fraction of sp³-hybridized carbons (Fsp3) is 0.545. The number of nitrogens with zero attached hydrogens (tertiary/aromatic N) is 1. The number of pyridine rings is 1. The molecule has 1 N–H and O–H groups in total. The summed E-state index contributed by atoms with van der Waals surface area (Å²) in [5.41, 5.74) is 0. The smallest absolute Gasteiger partial charge is 0.201 e. The van der Waals surface area contributed by atoms with Crippen LogP contribution in [0, 0.1) is 0 Å². The second-order valence-corrected chi connectivity index (χ2v) is 6.33. The Bertz CT molecular complexity index is 445. The molecule has 1 aromatic rings. The van der Waals surface area contributed by atoms with Gasteiger partial charge in [0.25, 0.3) is 0 Å². The molecule has 0 atom stereocenters. The van der Waals surface area contributed by atoms with E-state index in [0.29, 0.717) is 11.6 Å². The summed E-state index contributed by atoms with van der Waals surface area (Å²) >= 11 is 5.67. The van der Waals surface area contributed by atoms with E-state index in [2.05, 4.69) is 4.98 Å². The number of quaternary nitrogens is 1. The quantitative estimate of drug-likeness (QED) is 0.629. The highest BCUT2D eigenvalue weighted by Crippen LogP contribution is 2.11. The summed E-state index contributed by atoms with van der Waals surface area (Å²) < 4.78 is 23.9. The summed E-state index contributed by atoms with van der Waals surface area (Å²) in [5, 5.41) is 0.548. The highest BCUT2D eigenvalue weighted by molar-refractivity contribution is 7.91. The van der Waals surface area contributed by atoms with Gasteiger partial charge in [-0.25, -0.2) is 13.4 Å². The number of sulfone groups is 1. The molecule has 0 unspecified atom stereocenters. The Morgan fingerprint density at radius 1 is 1.28 bits per heavy atom. The molecule has 18 heavy (non-hydrogen) atoms. The van der Waals surface area contributed by atoms with Crippen LogP contribution in [0.3, 0.4) is 0 Å². The maximum Gasteiger partial charge on any atom is 0.201 e. The van der Waals surface area contributed by atoms with E-state index >= 15 is 0 Å². The van der Waals surface area contributed by atoms with Gasteiger partial charge in [-0.3, -0.25) is 0 Å². The first-order valence-electron chi connectivity index (χ1n) is 5.67. The SMILES string of the molecule is CC[NH+](CC)CCS(=O)(=O)c1ccc(Cl)cn1.[Cl-]. The summed E-state index contributed by atoms with van der Waals surface area (Å²) in [4.78, 5) is 5.12. The molecular weight excluding hydrogens is 295 g/mol. The first-order chi connectivity index (χ1) is 7.99. The molecule has 0 spiro atoms. The van der Waals surface area contributed by atoms with Gasteiger partial charge in [0.05, 0.1) is 24.7 Å². The summed E-state index contributed by atoms with van der Waals surface area (Å²) in [6.45, 7) is 6.57. The van der Waals surface area contributed by atoms with Crippen molar-refractivity contribution in [3.8, 4) is 0 Å². The number of rotatable bonds is 6. The molecule has 0 aliphatic carbocycles. The first kappa shape index (κ1) is 17.6. The Kier molecular flexibility index (Phi) is 7.78. The lowest BCUT2D eigenvalue weighted by Gasteiger charge is -2.14. The third-order valence-corrected chi connectivity index (χ3v) is 4.59. The van der Waals surface area contributed by atoms with Crippen molar-refractivity contribution in [2.45, 2.75) is 18.9 Å². The molecule has 4 nitrogen and oxygen atoms in total. The van der Waals surface area contributed by atoms with Crippen molar-refractivity contribution in [1.82, 2.24) is 4.98 Å². The van der Waals surface area contributed by atoms with Crippen LogP contribution >= 0.6 is 11.6 Å². The summed E-state index contributed by atoms with van der Waals surface area (Å²) in [6, 6.07) is 3.00. The molecule has 0 aliphatic heterocycles. The fourth-order valence-electron chi connectivity index (χ4n) is 1.53. The van der Waals surface area contributed by atoms with Gasteiger partial charge in [0.1, 0.15) is 5.75 Å². The van der Waals surface area contributed by atoms with Gasteiger partial charge >= 0.3 is 0 Å². The van der Waals surface area contributed by atoms with E-state index in [-0.39, 0.29) is 23.2 Å². The molecule has 0 saturated carbocycles. The third-order valence-electron chi connectivity index (χ3n) is 2.74. The molecule has 0 aromatic carbocycles. The van der Waals surface area contributed by atoms with Crippen molar-refractivity contribution >= 4 is 21.4 Å². The Morgan fingerprint density at radius 3 is 2.33 bits per heavy atom. The minimum absolute atomic E-state index is 0. The Balaban J connectivity index is 0.00000289. The van der Waals surface area contributed by atoms with E-state index in [1.54, 1.807) is 6.07 Å². The molecular formula is C11H18Cl2N2O2S. The van der Waals surface area contributed by atoms with Crippen LogP contribution < -0.4 is 17.3 Å². The molecule has 7 heteroatoms. The lowest BCUT2D eigenvalue weighted by molar-refractivity contribution is -0.893. The topological polar surface area (TPSA) is 51.5 Å². The van der Waals surface area contributed by atoms with Crippen LogP contribution in [0.25, 0.3) is 0 Å². The molecule has 0 radical (unpaired) electrons. The molecule has 0 bridgehead atoms. The zero-order valence-electron chi connectivity index (χ0n) is 10.5. The Morgan fingerprint density at radius 2 is 1.89 bits per heavy atom. The van der Waals surface area contributed by atoms with Crippen molar-refractivity contribution in [2.75, 3.05) is 25.4 Å². The average molecular weight is 313 g/mol. The highest BCUT2D eigenvalue weighted by atomic mass is 35.5. The fourth-order valence-corrected chi connectivity index (χ4v) is 2.90. The molecule has 0 fully saturated rings. The lowest BCUT2D eigenvalue weighted by Crippen LogP contribution is -3.11. The van der Waals surface area contributed by atoms with Gasteiger partial charge in [0, 0.05) is 6.20 Å². The van der Waals surface area contributed by atoms with Crippen LogP contribution in [0.1, 0.15) is 13.8 Å². The van der Waals surface area contributed by atoms with Crippen molar-refractivity contribution < 1.29 is 25.7 Å². The normalized spacial score (nSPS) is 11.3. The maximum atomic E-state index is 12.0. The minimum Gasteiger partial charge on any atom is -1.00 e. The van der Waals surface area contributed by atoms with E-state index in [1.807, 2.05) is 13.8 Å². The zero-order chi connectivity index (χ0) is 12.9. The van der Waals surface area contributed by atoms with Gasteiger partial charge in [-0.15, -0.1) is 0 Å². The lowest BCUT2D eigenvalue weighted by atomic mass is 10.5. The van der Waals surface area contributed by atoms with Gasteiger partial charge in [0.15, 0.2) is 5.03 Å². The molecule has 104 valence electrons. The van der Waals surface area contributed by atoms with E-state index < -0.39 is 9.84 Å². The van der Waals surface area contributed by atoms with Gasteiger partial charge in [-0.05, 0) is 26.0 Å². The maximum absolute atomic E-state index is 12.0. The largest absolute Gasteiger partial charge is 1.00 e. The Hall–Kier alpha value is -0.360. The van der Waals surface area contributed by atoms with Crippen LogP contribution in [0.15, 0.2) is 23.4 Å². The molecule has 0 amide bonds. The van der Waals surface area contributed by atoms with Crippen LogP contribution in [0.5, 0.6) is 0 Å². The molecule has 1 aromatic heterocycles. The Labute approximate surface area is 120 Å². The van der Waals surface area contributed by atoms with E-state index in [1.165, 1.54) is 17.2 Å². The van der Waals surface area contributed by atoms with Gasteiger partial charge in [-0.1, -0.05) is 11.6 Å². The average Bonchev–Trinajstić information content (AvgIpc) is 2.31. The van der Waals surface area contributed by atoms with Crippen molar-refractivity contribution in [3.05, 3.63) is 23.4 Å². The van der Waals surface area contributed by atoms with Gasteiger partial charge < -0.3 is 17.3 Å². The minimum atomic E-state index is -3.28. The standard InChI is InChI=1S/C11H17ClN2O2S.ClH/c1-3-14(4-2)7-8-17(15,16)11-6-5-10(12)9-13-11;/h5-6,9H,3-4,7-8H2,1-2H3;1H. The second-order valence-electron chi connectivity index (χ2n) is 3.84. The van der Waals surface area contributed by atoms with Gasteiger partial charge in [0.2, 0.25) is 9.84 Å². The van der Waals surface area contributed by atoms with E-state index in [4.69, 9.17) is 11.6 Å². The zero-order valence-corrected chi connectivity index (χ0v) is 12.8. The predicted molar refractivity (Wildman–Crippen MR) is 68.2 cm³/mol. The van der Waals surface area contributed by atoms with Crippen LogP contribution in [-0.4, -0.2) is 38.8 Å². The number of halogens is 2. The van der Waals surface area contributed by atoms with Crippen LogP contribution in [0.2, 0.25) is 5.02 Å².